The van der Waals surface area contributed by atoms with Gasteiger partial charge in [0.1, 0.15) is 16.1 Å². The van der Waals surface area contributed by atoms with Crippen LogP contribution in [0.3, 0.4) is 0 Å². The number of carbonyl (C=O) groups is 1. The van der Waals surface area contributed by atoms with Gasteiger partial charge in [-0.1, -0.05) is 0 Å². The van der Waals surface area contributed by atoms with Crippen molar-refractivity contribution in [3.8, 4) is 0 Å². The molecule has 14 heteroatoms. The van der Waals surface area contributed by atoms with Crippen molar-refractivity contribution < 1.29 is 39.6 Å². The molecule has 0 spiro atoms. The van der Waals surface area contributed by atoms with Crippen LogP contribution < -0.4 is 10.0 Å². The predicted octanol–water partition coefficient (Wildman–Crippen LogP) is 2.46. The Morgan fingerprint density at radius 3 is 2.21 bits per heavy atom. The third-order valence-electron chi connectivity index (χ3n) is 4.24. The first-order valence-corrected chi connectivity index (χ1v) is 9.34. The van der Waals surface area contributed by atoms with Gasteiger partial charge in [0.15, 0.2) is 5.82 Å². The average molecular weight is 442 g/mol. The van der Waals surface area contributed by atoms with Crippen molar-refractivity contribution in [1.29, 1.82) is 0 Å². The number of pyridine rings is 1. The molecule has 7 nitrogen and oxygen atoms in total. The molecule has 0 aromatic carbocycles. The number of hydrogen-bond acceptors (Lipinski definition) is 4. The molecule has 1 aliphatic carbocycles. The largest absolute Gasteiger partial charge is 0.407 e. The third kappa shape index (κ3) is 3.94. The van der Waals surface area contributed by atoms with Crippen LogP contribution in [0.2, 0.25) is 0 Å². The normalized spacial score (nSPS) is 16.0. The SMILES string of the molecule is Cn1cc(S(=O)(=O)NC2(C(F)(F)F)CC2)c(F)c1C(=O)Nc1cc(F)nc(F)c1. The van der Waals surface area contributed by atoms with Crippen LogP contribution in [0.4, 0.5) is 32.0 Å². The number of nitrogens with one attached hydrogen (secondary N) is 2. The van der Waals surface area contributed by atoms with Crippen molar-refractivity contribution in [3.63, 3.8) is 0 Å². The second kappa shape index (κ2) is 6.73. The number of halogens is 6. The maximum atomic E-state index is 14.7. The van der Waals surface area contributed by atoms with Gasteiger partial charge < -0.3 is 9.88 Å². The van der Waals surface area contributed by atoms with E-state index < -0.39 is 74.5 Å². The summed E-state index contributed by atoms with van der Waals surface area (Å²) in [6, 6.07) is 1.25. The van der Waals surface area contributed by atoms with Crippen LogP contribution in [0, 0.1) is 17.7 Å². The Kier molecular flexibility index (Phi) is 4.89. The summed E-state index contributed by atoms with van der Waals surface area (Å²) in [4.78, 5) is 13.9. The summed E-state index contributed by atoms with van der Waals surface area (Å²) in [5.41, 5.74) is -3.99. The van der Waals surface area contributed by atoms with Crippen LogP contribution in [-0.4, -0.2) is 35.6 Å². The number of nitrogens with zero attached hydrogens (tertiary/aromatic N) is 2. The monoisotopic (exact) mass is 442 g/mol. The Balaban J connectivity index is 1.91. The van der Waals surface area contributed by atoms with Crippen LogP contribution in [0.25, 0.3) is 0 Å². The molecule has 1 amide bonds. The average Bonchev–Trinajstić information content (AvgIpc) is 3.24. The highest BCUT2D eigenvalue weighted by Gasteiger charge is 2.65. The summed E-state index contributed by atoms with van der Waals surface area (Å²) < 4.78 is 107. The molecule has 0 radical (unpaired) electrons. The van der Waals surface area contributed by atoms with Gasteiger partial charge in [-0.15, -0.1) is 0 Å². The molecule has 29 heavy (non-hydrogen) atoms. The number of anilines is 1. The van der Waals surface area contributed by atoms with Gasteiger partial charge in [0.05, 0.1) is 5.69 Å². The number of rotatable bonds is 5. The van der Waals surface area contributed by atoms with E-state index >= 15 is 0 Å². The topological polar surface area (TPSA) is 93.1 Å². The van der Waals surface area contributed by atoms with Gasteiger partial charge >= 0.3 is 6.18 Å². The van der Waals surface area contributed by atoms with Crippen molar-refractivity contribution in [1.82, 2.24) is 14.3 Å². The molecule has 2 aromatic rings. The minimum Gasteiger partial charge on any atom is -0.343 e. The lowest BCUT2D eigenvalue weighted by molar-refractivity contribution is -0.160. The molecule has 1 aliphatic rings. The second-order valence-corrected chi connectivity index (χ2v) is 8.06. The number of sulfonamides is 1. The summed E-state index contributed by atoms with van der Waals surface area (Å²) in [5, 5.41) is 1.96. The summed E-state index contributed by atoms with van der Waals surface area (Å²) in [7, 11) is -3.90. The molecule has 1 saturated carbocycles. The molecule has 3 rings (SSSR count). The molecule has 2 heterocycles. The molecule has 0 unspecified atom stereocenters. The smallest absolute Gasteiger partial charge is 0.343 e. The Bertz CT molecular complexity index is 1070. The lowest BCUT2D eigenvalue weighted by Gasteiger charge is -2.20. The molecular formula is C15H12F6N4O3S. The van der Waals surface area contributed by atoms with E-state index in [1.54, 1.807) is 0 Å². The molecule has 1 fully saturated rings. The van der Waals surface area contributed by atoms with E-state index in [0.29, 0.717) is 18.3 Å². The number of amides is 1. The number of aromatic nitrogens is 2. The van der Waals surface area contributed by atoms with Gasteiger partial charge in [-0.2, -0.15) is 31.7 Å². The number of alkyl halides is 3. The van der Waals surface area contributed by atoms with Gasteiger partial charge in [0, 0.05) is 25.4 Å². The van der Waals surface area contributed by atoms with E-state index in [9.17, 15) is 39.6 Å². The van der Waals surface area contributed by atoms with Crippen molar-refractivity contribution in [2.24, 2.45) is 7.05 Å². The standard InChI is InChI=1S/C15H12F6N4O3S/c1-25-6-8(29(27,28)24-14(2-3-14)15(19,20)21)11(18)12(25)13(26)22-7-4-9(16)23-10(17)5-7/h4-6,24H,2-3H2,1H3,(H,22,23,26). The highest BCUT2D eigenvalue weighted by molar-refractivity contribution is 7.89. The van der Waals surface area contributed by atoms with Gasteiger partial charge in [-0.05, 0) is 12.8 Å². The number of hydrogen-bond donors (Lipinski definition) is 2. The van der Waals surface area contributed by atoms with Crippen LogP contribution in [0.5, 0.6) is 0 Å². The van der Waals surface area contributed by atoms with E-state index in [-0.39, 0.29) is 0 Å². The minimum atomic E-state index is -4.97. The van der Waals surface area contributed by atoms with E-state index in [2.05, 4.69) is 4.98 Å². The third-order valence-corrected chi connectivity index (χ3v) is 5.76. The second-order valence-electron chi connectivity index (χ2n) is 6.41. The molecule has 0 bridgehead atoms. The molecule has 0 atom stereocenters. The van der Waals surface area contributed by atoms with E-state index in [0.717, 1.165) is 11.6 Å². The first-order valence-electron chi connectivity index (χ1n) is 7.86. The van der Waals surface area contributed by atoms with Crippen molar-refractivity contribution >= 4 is 21.6 Å². The lowest BCUT2D eigenvalue weighted by atomic mass is 10.3. The maximum absolute atomic E-state index is 14.7. The molecular weight excluding hydrogens is 430 g/mol. The van der Waals surface area contributed by atoms with Gasteiger partial charge in [-0.3, -0.25) is 4.79 Å². The van der Waals surface area contributed by atoms with Crippen molar-refractivity contribution in [3.05, 3.63) is 41.7 Å². The van der Waals surface area contributed by atoms with E-state index in [1.165, 1.54) is 4.72 Å². The first kappa shape index (κ1) is 21.1. The Labute approximate surface area is 159 Å². The van der Waals surface area contributed by atoms with Gasteiger partial charge in [0.25, 0.3) is 5.91 Å². The zero-order valence-corrected chi connectivity index (χ0v) is 15.3. The summed E-state index contributed by atoms with van der Waals surface area (Å²) >= 11 is 0. The summed E-state index contributed by atoms with van der Waals surface area (Å²) in [5.74, 6) is -5.46. The fourth-order valence-electron chi connectivity index (χ4n) is 2.62. The van der Waals surface area contributed by atoms with Gasteiger partial charge in [-0.25, -0.2) is 12.8 Å². The Morgan fingerprint density at radius 1 is 1.17 bits per heavy atom. The fraction of sp³-hybridized carbons (Fsp3) is 0.333. The zero-order valence-electron chi connectivity index (χ0n) is 14.4. The highest BCUT2D eigenvalue weighted by Crippen LogP contribution is 2.49. The van der Waals surface area contributed by atoms with Gasteiger partial charge in [0.2, 0.25) is 21.9 Å². The Hall–Kier alpha value is -2.61. The summed E-state index contributed by atoms with van der Waals surface area (Å²) in [6.07, 6.45) is -5.26. The molecule has 0 saturated heterocycles. The van der Waals surface area contributed by atoms with Crippen LogP contribution in [0.1, 0.15) is 23.3 Å². The summed E-state index contributed by atoms with van der Waals surface area (Å²) in [6.45, 7) is 0. The number of carbonyl (C=O) groups excluding carboxylic acids is 1. The van der Waals surface area contributed by atoms with Crippen molar-refractivity contribution in [2.75, 3.05) is 5.32 Å². The molecule has 2 N–H and O–H groups in total. The zero-order chi connectivity index (χ0) is 21.8. The van der Waals surface area contributed by atoms with Crippen LogP contribution >= 0.6 is 0 Å². The number of aryl methyl sites for hydroxylation is 1. The van der Waals surface area contributed by atoms with Crippen LogP contribution in [0.15, 0.2) is 23.2 Å². The molecule has 0 aliphatic heterocycles. The fourth-order valence-corrected chi connectivity index (χ4v) is 4.20. The quantitative estimate of drug-likeness (QED) is 0.550. The predicted molar refractivity (Wildman–Crippen MR) is 85.8 cm³/mol. The van der Waals surface area contributed by atoms with Crippen LogP contribution in [-0.2, 0) is 17.1 Å². The van der Waals surface area contributed by atoms with E-state index in [1.807, 2.05) is 5.32 Å². The molecule has 2 aromatic heterocycles. The first-order chi connectivity index (χ1) is 13.3. The minimum absolute atomic E-state index is 0.433. The maximum Gasteiger partial charge on any atom is 0.407 e. The molecule has 158 valence electrons. The highest BCUT2D eigenvalue weighted by atomic mass is 32.2. The lowest BCUT2D eigenvalue weighted by Crippen LogP contribution is -2.47. The van der Waals surface area contributed by atoms with Crippen molar-refractivity contribution in [2.45, 2.75) is 29.5 Å². The Morgan fingerprint density at radius 2 is 1.72 bits per heavy atom. The van der Waals surface area contributed by atoms with E-state index in [4.69, 9.17) is 0 Å².